The van der Waals surface area contributed by atoms with Gasteiger partial charge in [-0.3, -0.25) is 10.1 Å². The van der Waals surface area contributed by atoms with Gasteiger partial charge in [0.25, 0.3) is 5.69 Å². The van der Waals surface area contributed by atoms with Gasteiger partial charge < -0.3 is 0 Å². The van der Waals surface area contributed by atoms with Gasteiger partial charge in [0.2, 0.25) is 0 Å². The molecule has 0 amide bonds. The summed E-state index contributed by atoms with van der Waals surface area (Å²) in [6, 6.07) is 19.3. The molecule has 0 aliphatic rings. The molecule has 0 heterocycles. The van der Waals surface area contributed by atoms with E-state index >= 15 is 0 Å². The zero-order valence-electron chi connectivity index (χ0n) is 11.9. The van der Waals surface area contributed by atoms with E-state index in [9.17, 15) is 10.1 Å². The predicted octanol–water partition coefficient (Wildman–Crippen LogP) is 4.75. The van der Waals surface area contributed by atoms with Gasteiger partial charge in [-0.2, -0.15) is 0 Å². The largest absolute Gasteiger partial charge is 0.269 e. The fourth-order valence-electron chi connectivity index (χ4n) is 2.52. The number of nitro groups is 1. The Bertz CT molecular complexity index is 851. The van der Waals surface area contributed by atoms with Crippen molar-refractivity contribution in [2.75, 3.05) is 0 Å². The number of nitro benzene ring substituents is 1. The molecule has 0 saturated heterocycles. The first kappa shape index (κ1) is 15.1. The number of non-ortho nitro benzene ring substituents is 1. The predicted molar refractivity (Wildman–Crippen MR) is 84.2 cm³/mol. The van der Waals surface area contributed by atoms with Crippen LogP contribution in [0.25, 0.3) is 21.9 Å². The molecule has 0 aliphatic carbocycles. The zero-order chi connectivity index (χ0) is 16.1. The van der Waals surface area contributed by atoms with Crippen molar-refractivity contribution in [3.05, 3.63) is 76.3 Å². The topological polar surface area (TPSA) is 90.7 Å². The van der Waals surface area contributed by atoms with Crippen molar-refractivity contribution in [1.29, 1.82) is 10.8 Å². The van der Waals surface area contributed by atoms with Crippen molar-refractivity contribution >= 4 is 16.5 Å². The van der Waals surface area contributed by atoms with Gasteiger partial charge in [-0.15, -0.1) is 0 Å². The van der Waals surface area contributed by atoms with Crippen LogP contribution in [0.2, 0.25) is 0 Å². The quantitative estimate of drug-likeness (QED) is 0.387. The number of fused-ring (bicyclic) bond motifs is 1. The Kier molecular flexibility index (Phi) is 4.44. The van der Waals surface area contributed by atoms with Crippen LogP contribution in [0, 0.1) is 27.8 Å². The van der Waals surface area contributed by atoms with Crippen LogP contribution in [0.4, 0.5) is 5.69 Å². The Morgan fingerprint density at radius 1 is 0.909 bits per heavy atom. The fraction of sp³-hybridized carbons (Fsp3) is 0.0588. The second-order valence-corrected chi connectivity index (χ2v) is 4.78. The maximum Gasteiger partial charge on any atom is 0.269 e. The van der Waals surface area contributed by atoms with E-state index in [4.69, 9.17) is 10.8 Å². The van der Waals surface area contributed by atoms with Gasteiger partial charge in [-0.25, -0.2) is 0 Å². The first-order valence-electron chi connectivity index (χ1n) is 6.60. The lowest BCUT2D eigenvalue weighted by Gasteiger charge is -2.09. The molecule has 5 nitrogen and oxygen atoms in total. The molecule has 0 aliphatic heterocycles. The summed E-state index contributed by atoms with van der Waals surface area (Å²) < 4.78 is 0. The highest BCUT2D eigenvalue weighted by Gasteiger charge is 2.11. The monoisotopic (exact) mass is 291 g/mol. The zero-order valence-corrected chi connectivity index (χ0v) is 11.9. The highest BCUT2D eigenvalue weighted by Crippen LogP contribution is 2.32. The van der Waals surface area contributed by atoms with Crippen LogP contribution in [0.5, 0.6) is 0 Å². The average molecular weight is 291 g/mol. The van der Waals surface area contributed by atoms with E-state index in [2.05, 4.69) is 24.3 Å². The highest BCUT2D eigenvalue weighted by molar-refractivity contribution is 5.97. The van der Waals surface area contributed by atoms with E-state index in [1.807, 2.05) is 31.2 Å². The smallest absolute Gasteiger partial charge is 0.258 e. The standard InChI is InChI=1S/C17H13NO2.N2/c1-12-11-14(18(19)20)9-10-15(12)17-8-4-6-13-5-2-3-7-16(13)17;1-2/h2-11H,1H3;. The second-order valence-electron chi connectivity index (χ2n) is 4.78. The number of hydrogen-bond donors (Lipinski definition) is 0. The first-order valence-corrected chi connectivity index (χ1v) is 6.60. The molecule has 0 aromatic heterocycles. The van der Waals surface area contributed by atoms with Crippen LogP contribution >= 0.6 is 0 Å². The highest BCUT2D eigenvalue weighted by atomic mass is 16.6. The number of nitrogens with zero attached hydrogens (tertiary/aromatic N) is 3. The second kappa shape index (κ2) is 6.46. The summed E-state index contributed by atoms with van der Waals surface area (Å²) in [5, 5.41) is 25.1. The Morgan fingerprint density at radius 3 is 2.27 bits per heavy atom. The Morgan fingerprint density at radius 2 is 1.59 bits per heavy atom. The molecule has 108 valence electrons. The van der Waals surface area contributed by atoms with E-state index in [1.54, 1.807) is 12.1 Å². The minimum Gasteiger partial charge on any atom is -0.258 e. The molecule has 0 saturated carbocycles. The lowest BCUT2D eigenvalue weighted by atomic mass is 9.95. The molecule has 3 aromatic carbocycles. The van der Waals surface area contributed by atoms with Gasteiger partial charge in [0.1, 0.15) is 0 Å². The van der Waals surface area contributed by atoms with Crippen molar-refractivity contribution in [3.63, 3.8) is 0 Å². The van der Waals surface area contributed by atoms with Crippen molar-refractivity contribution in [3.8, 4) is 11.1 Å². The summed E-state index contributed by atoms with van der Waals surface area (Å²) in [5.74, 6) is 0. The van der Waals surface area contributed by atoms with E-state index in [0.717, 1.165) is 22.1 Å². The summed E-state index contributed by atoms with van der Waals surface area (Å²) in [7, 11) is 0. The molecule has 0 unspecified atom stereocenters. The van der Waals surface area contributed by atoms with Crippen LogP contribution in [-0.4, -0.2) is 4.92 Å². The summed E-state index contributed by atoms with van der Waals surface area (Å²) in [5.41, 5.74) is 3.19. The third-order valence-corrected chi connectivity index (χ3v) is 3.50. The van der Waals surface area contributed by atoms with E-state index in [-0.39, 0.29) is 10.6 Å². The van der Waals surface area contributed by atoms with Crippen molar-refractivity contribution in [1.82, 2.24) is 0 Å². The molecule has 3 aromatic rings. The molecule has 0 N–H and O–H groups in total. The molecule has 0 atom stereocenters. The lowest BCUT2D eigenvalue weighted by molar-refractivity contribution is -0.384. The van der Waals surface area contributed by atoms with Crippen LogP contribution in [-0.2, 0) is 0 Å². The van der Waals surface area contributed by atoms with E-state index in [0.29, 0.717) is 0 Å². The van der Waals surface area contributed by atoms with Gasteiger partial charge in [0.15, 0.2) is 0 Å². The maximum absolute atomic E-state index is 10.8. The summed E-state index contributed by atoms with van der Waals surface area (Å²) in [6.07, 6.45) is 0. The number of rotatable bonds is 2. The molecular formula is C17H13N3O2. The summed E-state index contributed by atoms with van der Waals surface area (Å²) in [6.45, 7) is 1.91. The van der Waals surface area contributed by atoms with Gasteiger partial charge >= 0.3 is 0 Å². The molecule has 5 heteroatoms. The molecule has 0 bridgehead atoms. The Hall–Kier alpha value is -3.26. The molecule has 0 spiro atoms. The SMILES string of the molecule is Cc1cc([N+](=O)[O-])ccc1-c1cccc2ccccc12.N#N. The third-order valence-electron chi connectivity index (χ3n) is 3.50. The van der Waals surface area contributed by atoms with Gasteiger partial charge in [0.05, 0.1) is 4.92 Å². The van der Waals surface area contributed by atoms with Crippen LogP contribution in [0.15, 0.2) is 60.7 Å². The molecule has 22 heavy (non-hydrogen) atoms. The minimum absolute atomic E-state index is 0.131. The molecule has 3 rings (SSSR count). The fourth-order valence-corrected chi connectivity index (χ4v) is 2.52. The van der Waals surface area contributed by atoms with E-state index in [1.165, 1.54) is 5.39 Å². The van der Waals surface area contributed by atoms with Crippen molar-refractivity contribution in [2.45, 2.75) is 6.92 Å². The first-order chi connectivity index (χ1) is 10.7. The van der Waals surface area contributed by atoms with E-state index < -0.39 is 0 Å². The number of hydrogen-bond acceptors (Lipinski definition) is 4. The molecule has 0 fully saturated rings. The number of aryl methyl sites for hydroxylation is 1. The Labute approximate surface area is 127 Å². The lowest BCUT2D eigenvalue weighted by Crippen LogP contribution is -1.91. The van der Waals surface area contributed by atoms with Gasteiger partial charge in [-0.05, 0) is 40.5 Å². The number of benzene rings is 3. The normalized spacial score (nSPS) is 9.77. The van der Waals surface area contributed by atoms with Gasteiger partial charge in [0, 0.05) is 22.9 Å². The average Bonchev–Trinajstić information content (AvgIpc) is 2.56. The molecular weight excluding hydrogens is 278 g/mol. The van der Waals surface area contributed by atoms with Crippen LogP contribution in [0.3, 0.4) is 0 Å². The maximum atomic E-state index is 10.8. The summed E-state index contributed by atoms with van der Waals surface area (Å²) >= 11 is 0. The minimum atomic E-state index is -0.361. The summed E-state index contributed by atoms with van der Waals surface area (Å²) in [4.78, 5) is 10.5. The van der Waals surface area contributed by atoms with Gasteiger partial charge in [-0.1, -0.05) is 42.5 Å². The van der Waals surface area contributed by atoms with Crippen molar-refractivity contribution < 1.29 is 4.92 Å². The third kappa shape index (κ3) is 2.76. The van der Waals surface area contributed by atoms with Crippen molar-refractivity contribution in [2.24, 2.45) is 0 Å². The van der Waals surface area contributed by atoms with Crippen LogP contribution in [0.1, 0.15) is 5.56 Å². The van der Waals surface area contributed by atoms with Crippen LogP contribution < -0.4 is 0 Å². The molecule has 0 radical (unpaired) electrons. The Balaban J connectivity index is 0.000000847.